The van der Waals surface area contributed by atoms with Crippen LogP contribution in [0.15, 0.2) is 36.5 Å². The van der Waals surface area contributed by atoms with Gasteiger partial charge in [-0.2, -0.15) is 0 Å². The van der Waals surface area contributed by atoms with E-state index in [-0.39, 0.29) is 5.82 Å². The van der Waals surface area contributed by atoms with Gasteiger partial charge in [-0.25, -0.2) is 19.3 Å². The van der Waals surface area contributed by atoms with Gasteiger partial charge in [0, 0.05) is 6.20 Å². The van der Waals surface area contributed by atoms with E-state index in [9.17, 15) is 4.39 Å². The summed E-state index contributed by atoms with van der Waals surface area (Å²) < 4.78 is 13.7. The molecule has 0 aliphatic carbocycles. The lowest BCUT2D eigenvalue weighted by molar-refractivity contribution is 0.630. The fourth-order valence-electron chi connectivity index (χ4n) is 1.76. The molecule has 3 nitrogen and oxygen atoms in total. The summed E-state index contributed by atoms with van der Waals surface area (Å²) >= 11 is 1.39. The first-order valence-corrected chi connectivity index (χ1v) is 6.49. The number of halogens is 1. The summed E-state index contributed by atoms with van der Waals surface area (Å²) in [6, 6.07) is 8.26. The van der Waals surface area contributed by atoms with Crippen LogP contribution in [0.25, 0.3) is 22.0 Å². The van der Waals surface area contributed by atoms with Crippen molar-refractivity contribution in [3.63, 3.8) is 0 Å². The van der Waals surface area contributed by atoms with Gasteiger partial charge in [-0.1, -0.05) is 12.1 Å². The van der Waals surface area contributed by atoms with Gasteiger partial charge in [0.05, 0.1) is 21.8 Å². The second-order valence-electron chi connectivity index (χ2n) is 3.97. The molecule has 3 rings (SSSR count). The van der Waals surface area contributed by atoms with Crippen LogP contribution in [0, 0.1) is 18.3 Å². The highest BCUT2D eigenvalue weighted by molar-refractivity contribution is 7.12. The SMILES string of the molecule is Cc1n[c]sc1-c1ccnc(-c2ccccc2F)n1. The van der Waals surface area contributed by atoms with Crippen LogP contribution in [0.5, 0.6) is 0 Å². The molecule has 0 saturated heterocycles. The highest BCUT2D eigenvalue weighted by Crippen LogP contribution is 2.27. The number of hydrogen-bond donors (Lipinski definition) is 0. The number of thiazole rings is 1. The van der Waals surface area contributed by atoms with E-state index >= 15 is 0 Å². The van der Waals surface area contributed by atoms with Crippen molar-refractivity contribution in [3.05, 3.63) is 53.6 Å². The Balaban J connectivity index is 2.11. The van der Waals surface area contributed by atoms with Gasteiger partial charge in [-0.15, -0.1) is 11.3 Å². The molecule has 0 saturated carbocycles. The Morgan fingerprint density at radius 2 is 2.05 bits per heavy atom. The van der Waals surface area contributed by atoms with Gasteiger partial charge in [0.2, 0.25) is 0 Å². The number of rotatable bonds is 2. The largest absolute Gasteiger partial charge is 0.238 e. The first-order valence-electron chi connectivity index (χ1n) is 5.67. The minimum atomic E-state index is -0.327. The van der Waals surface area contributed by atoms with Crippen LogP contribution in [0.3, 0.4) is 0 Å². The van der Waals surface area contributed by atoms with Crippen LogP contribution in [0.1, 0.15) is 5.69 Å². The summed E-state index contributed by atoms with van der Waals surface area (Å²) in [5, 5.41) is 0. The molecule has 0 fully saturated rings. The number of hydrogen-bond acceptors (Lipinski definition) is 4. The van der Waals surface area contributed by atoms with Crippen molar-refractivity contribution in [2.45, 2.75) is 6.92 Å². The molecule has 0 spiro atoms. The van der Waals surface area contributed by atoms with Gasteiger partial charge in [0.15, 0.2) is 11.3 Å². The van der Waals surface area contributed by atoms with Gasteiger partial charge < -0.3 is 0 Å². The lowest BCUT2D eigenvalue weighted by Gasteiger charge is -2.03. The number of benzene rings is 1. The van der Waals surface area contributed by atoms with Crippen molar-refractivity contribution in [2.75, 3.05) is 0 Å². The molecule has 3 aromatic rings. The molecule has 5 heteroatoms. The van der Waals surface area contributed by atoms with E-state index in [2.05, 4.69) is 20.5 Å². The zero-order valence-corrected chi connectivity index (χ0v) is 10.9. The van der Waals surface area contributed by atoms with Crippen molar-refractivity contribution in [2.24, 2.45) is 0 Å². The second kappa shape index (κ2) is 4.85. The van der Waals surface area contributed by atoms with Crippen LogP contribution in [-0.4, -0.2) is 15.0 Å². The van der Waals surface area contributed by atoms with Gasteiger partial charge in [0.25, 0.3) is 0 Å². The summed E-state index contributed by atoms with van der Waals surface area (Å²) in [5.74, 6) is 0.0515. The molecule has 0 atom stereocenters. The maximum absolute atomic E-state index is 13.7. The molecule has 0 aliphatic rings. The van der Waals surface area contributed by atoms with E-state index in [4.69, 9.17) is 0 Å². The smallest absolute Gasteiger partial charge is 0.162 e. The van der Waals surface area contributed by atoms with Crippen molar-refractivity contribution >= 4 is 11.3 Å². The van der Waals surface area contributed by atoms with Crippen LogP contribution in [0.4, 0.5) is 4.39 Å². The third kappa shape index (κ3) is 2.24. The molecular formula is C14H9FN3S. The first kappa shape index (κ1) is 11.9. The van der Waals surface area contributed by atoms with E-state index in [1.54, 1.807) is 30.5 Å². The Morgan fingerprint density at radius 1 is 1.21 bits per heavy atom. The van der Waals surface area contributed by atoms with E-state index < -0.39 is 0 Å². The van der Waals surface area contributed by atoms with Crippen LogP contribution in [-0.2, 0) is 0 Å². The zero-order valence-electron chi connectivity index (χ0n) is 10.1. The maximum atomic E-state index is 13.7. The maximum Gasteiger partial charge on any atom is 0.162 e. The molecule has 2 aromatic heterocycles. The fraction of sp³-hybridized carbons (Fsp3) is 0.0714. The van der Waals surface area contributed by atoms with Gasteiger partial charge >= 0.3 is 0 Å². The topological polar surface area (TPSA) is 38.7 Å². The van der Waals surface area contributed by atoms with Crippen molar-refractivity contribution in [1.82, 2.24) is 15.0 Å². The van der Waals surface area contributed by atoms with Crippen LogP contribution in [0.2, 0.25) is 0 Å². The summed E-state index contributed by atoms with van der Waals surface area (Å²) in [6.07, 6.45) is 1.63. The number of aromatic nitrogens is 3. The fourth-order valence-corrected chi connectivity index (χ4v) is 2.44. The van der Waals surface area contributed by atoms with Crippen molar-refractivity contribution < 1.29 is 4.39 Å². The van der Waals surface area contributed by atoms with E-state index in [0.717, 1.165) is 16.3 Å². The van der Waals surface area contributed by atoms with Gasteiger partial charge in [-0.05, 0) is 25.1 Å². The van der Waals surface area contributed by atoms with E-state index in [1.807, 2.05) is 6.92 Å². The minimum Gasteiger partial charge on any atom is -0.238 e. The molecule has 1 aromatic carbocycles. The molecule has 0 N–H and O–H groups in total. The molecule has 1 radical (unpaired) electrons. The normalized spacial score (nSPS) is 10.6. The Bertz CT molecular complexity index is 724. The molecule has 0 bridgehead atoms. The minimum absolute atomic E-state index is 0.327. The predicted molar refractivity (Wildman–Crippen MR) is 72.1 cm³/mol. The molecule has 0 amide bonds. The van der Waals surface area contributed by atoms with Gasteiger partial charge in [-0.3, -0.25) is 0 Å². The molecule has 2 heterocycles. The molecular weight excluding hydrogens is 261 g/mol. The highest BCUT2D eigenvalue weighted by atomic mass is 32.1. The zero-order chi connectivity index (χ0) is 13.2. The monoisotopic (exact) mass is 270 g/mol. The summed E-state index contributed by atoms with van der Waals surface area (Å²) in [6.45, 7) is 1.90. The third-order valence-electron chi connectivity index (χ3n) is 2.69. The Morgan fingerprint density at radius 3 is 2.79 bits per heavy atom. The van der Waals surface area contributed by atoms with Crippen LogP contribution < -0.4 is 0 Å². The lowest BCUT2D eigenvalue weighted by Crippen LogP contribution is -1.93. The molecule has 0 unspecified atom stereocenters. The Labute approximate surface area is 113 Å². The average molecular weight is 270 g/mol. The van der Waals surface area contributed by atoms with E-state index in [1.165, 1.54) is 17.4 Å². The predicted octanol–water partition coefficient (Wildman–Crippen LogP) is 3.51. The molecule has 19 heavy (non-hydrogen) atoms. The summed E-state index contributed by atoms with van der Waals surface area (Å²) in [7, 11) is 0. The summed E-state index contributed by atoms with van der Waals surface area (Å²) in [4.78, 5) is 13.5. The number of aryl methyl sites for hydroxylation is 1. The van der Waals surface area contributed by atoms with Crippen molar-refractivity contribution in [3.8, 4) is 22.0 Å². The molecule has 0 aliphatic heterocycles. The average Bonchev–Trinajstić information content (AvgIpc) is 2.86. The van der Waals surface area contributed by atoms with Gasteiger partial charge in [0.1, 0.15) is 5.82 Å². The third-order valence-corrected chi connectivity index (χ3v) is 3.58. The number of nitrogens with zero attached hydrogens (tertiary/aromatic N) is 3. The Hall–Kier alpha value is -2.14. The molecule has 93 valence electrons. The highest BCUT2D eigenvalue weighted by Gasteiger charge is 2.11. The quantitative estimate of drug-likeness (QED) is 0.715. The Kier molecular flexibility index (Phi) is 3.05. The lowest BCUT2D eigenvalue weighted by atomic mass is 10.2. The van der Waals surface area contributed by atoms with Crippen LogP contribution >= 0.6 is 11.3 Å². The second-order valence-corrected chi connectivity index (χ2v) is 4.76. The van der Waals surface area contributed by atoms with E-state index in [0.29, 0.717) is 11.4 Å². The van der Waals surface area contributed by atoms with Crippen molar-refractivity contribution in [1.29, 1.82) is 0 Å². The first-order chi connectivity index (χ1) is 9.25. The summed E-state index contributed by atoms with van der Waals surface area (Å²) in [5.41, 5.74) is 4.83. The standard InChI is InChI=1S/C14H9FN3S/c1-9-13(19-8-17-9)12-6-7-16-14(18-12)10-4-2-3-5-11(10)15/h2-7H,1H3.